The van der Waals surface area contributed by atoms with Gasteiger partial charge in [0.2, 0.25) is 5.78 Å². The number of carbonyl (C=O) groups excluding carboxylic acids is 1. The Labute approximate surface area is 122 Å². The summed E-state index contributed by atoms with van der Waals surface area (Å²) >= 11 is 0. The standard InChI is InChI=1S/C17H15FO3/c1-10-7-12(8-11(2)16(10)18)17(19)15-9-20-13-5-3-4-6-14(13)21-15/h3-8,15H,9H2,1-2H3. The molecule has 0 saturated heterocycles. The van der Waals surface area contributed by atoms with Gasteiger partial charge in [-0.25, -0.2) is 4.39 Å². The Bertz CT molecular complexity index is 686. The van der Waals surface area contributed by atoms with Crippen LogP contribution < -0.4 is 9.47 Å². The Balaban J connectivity index is 1.87. The van der Waals surface area contributed by atoms with Gasteiger partial charge in [-0.05, 0) is 49.2 Å². The maximum Gasteiger partial charge on any atom is 0.206 e. The van der Waals surface area contributed by atoms with Crippen LogP contribution in [-0.4, -0.2) is 18.5 Å². The van der Waals surface area contributed by atoms with Gasteiger partial charge in [-0.2, -0.15) is 0 Å². The Morgan fingerprint density at radius 3 is 2.43 bits per heavy atom. The van der Waals surface area contributed by atoms with Gasteiger partial charge in [-0.1, -0.05) is 12.1 Å². The average molecular weight is 286 g/mol. The Hall–Kier alpha value is -2.36. The first kappa shape index (κ1) is 13.6. The van der Waals surface area contributed by atoms with Crippen molar-refractivity contribution in [3.8, 4) is 11.5 Å². The molecule has 0 aliphatic carbocycles. The molecule has 0 radical (unpaired) electrons. The van der Waals surface area contributed by atoms with E-state index in [4.69, 9.17) is 9.47 Å². The predicted octanol–water partition coefficient (Wildman–Crippen LogP) is 3.47. The molecule has 108 valence electrons. The molecule has 4 heteroatoms. The van der Waals surface area contributed by atoms with Crippen molar-refractivity contribution in [3.05, 3.63) is 58.9 Å². The zero-order chi connectivity index (χ0) is 15.0. The van der Waals surface area contributed by atoms with E-state index in [2.05, 4.69) is 0 Å². The van der Waals surface area contributed by atoms with Gasteiger partial charge in [0.25, 0.3) is 0 Å². The van der Waals surface area contributed by atoms with Crippen molar-refractivity contribution in [3.63, 3.8) is 0 Å². The molecule has 2 aromatic carbocycles. The van der Waals surface area contributed by atoms with E-state index in [0.29, 0.717) is 28.2 Å². The highest BCUT2D eigenvalue weighted by Gasteiger charge is 2.28. The van der Waals surface area contributed by atoms with Crippen molar-refractivity contribution in [2.24, 2.45) is 0 Å². The first-order chi connectivity index (χ1) is 10.1. The summed E-state index contributed by atoms with van der Waals surface area (Å²) in [5, 5.41) is 0. The van der Waals surface area contributed by atoms with Crippen LogP contribution in [0.5, 0.6) is 11.5 Å². The van der Waals surface area contributed by atoms with Crippen LogP contribution in [0.25, 0.3) is 0 Å². The number of fused-ring (bicyclic) bond motifs is 1. The molecule has 0 spiro atoms. The van der Waals surface area contributed by atoms with Crippen LogP contribution in [0.15, 0.2) is 36.4 Å². The van der Waals surface area contributed by atoms with E-state index in [9.17, 15) is 9.18 Å². The highest BCUT2D eigenvalue weighted by Crippen LogP contribution is 2.31. The lowest BCUT2D eigenvalue weighted by molar-refractivity contribution is 0.0585. The minimum Gasteiger partial charge on any atom is -0.485 e. The molecule has 0 bridgehead atoms. The van der Waals surface area contributed by atoms with Crippen LogP contribution in [0.1, 0.15) is 21.5 Å². The summed E-state index contributed by atoms with van der Waals surface area (Å²) in [5.41, 5.74) is 1.35. The van der Waals surface area contributed by atoms with Gasteiger partial charge < -0.3 is 9.47 Å². The van der Waals surface area contributed by atoms with Crippen molar-refractivity contribution < 1.29 is 18.7 Å². The molecule has 0 amide bonds. The van der Waals surface area contributed by atoms with E-state index < -0.39 is 6.10 Å². The Kier molecular flexibility index (Phi) is 3.37. The summed E-state index contributed by atoms with van der Waals surface area (Å²) in [4.78, 5) is 12.5. The summed E-state index contributed by atoms with van der Waals surface area (Å²) in [6, 6.07) is 10.3. The first-order valence-electron chi connectivity index (χ1n) is 6.75. The number of ketones is 1. The number of aryl methyl sites for hydroxylation is 2. The molecule has 0 aromatic heterocycles. The van der Waals surface area contributed by atoms with Crippen molar-refractivity contribution in [1.82, 2.24) is 0 Å². The summed E-state index contributed by atoms with van der Waals surface area (Å²) in [6.07, 6.45) is -0.704. The van der Waals surface area contributed by atoms with Crippen LogP contribution in [0.4, 0.5) is 4.39 Å². The molecule has 1 heterocycles. The lowest BCUT2D eigenvalue weighted by atomic mass is 10.0. The fourth-order valence-electron chi connectivity index (χ4n) is 2.42. The van der Waals surface area contributed by atoms with Crippen LogP contribution >= 0.6 is 0 Å². The van der Waals surface area contributed by atoms with Crippen LogP contribution in [0.3, 0.4) is 0 Å². The molecule has 0 fully saturated rings. The molecule has 1 aliphatic heterocycles. The van der Waals surface area contributed by atoms with Gasteiger partial charge in [0.1, 0.15) is 12.4 Å². The average Bonchev–Trinajstić information content (AvgIpc) is 2.51. The predicted molar refractivity (Wildman–Crippen MR) is 76.6 cm³/mol. The maximum atomic E-state index is 13.6. The zero-order valence-corrected chi connectivity index (χ0v) is 11.9. The van der Waals surface area contributed by atoms with E-state index in [1.165, 1.54) is 0 Å². The minimum absolute atomic E-state index is 0.158. The number of ether oxygens (including phenoxy) is 2. The van der Waals surface area contributed by atoms with E-state index in [0.717, 1.165) is 0 Å². The first-order valence-corrected chi connectivity index (χ1v) is 6.75. The molecule has 0 saturated carbocycles. The SMILES string of the molecule is Cc1cc(C(=O)C2COc3ccccc3O2)cc(C)c1F. The molecule has 1 unspecified atom stereocenters. The number of benzene rings is 2. The zero-order valence-electron chi connectivity index (χ0n) is 11.9. The molecular weight excluding hydrogens is 271 g/mol. The number of hydrogen-bond donors (Lipinski definition) is 0. The lowest BCUT2D eigenvalue weighted by Gasteiger charge is -2.25. The number of Topliss-reactive ketones (excluding diaryl/α,β-unsaturated/α-hetero) is 1. The third-order valence-corrected chi connectivity index (χ3v) is 3.52. The largest absolute Gasteiger partial charge is 0.485 e. The smallest absolute Gasteiger partial charge is 0.206 e. The molecule has 21 heavy (non-hydrogen) atoms. The van der Waals surface area contributed by atoms with Gasteiger partial charge in [0, 0.05) is 5.56 Å². The van der Waals surface area contributed by atoms with Crippen LogP contribution in [-0.2, 0) is 0 Å². The van der Waals surface area contributed by atoms with E-state index in [1.54, 1.807) is 38.1 Å². The normalized spacial score (nSPS) is 16.6. The fraction of sp³-hybridized carbons (Fsp3) is 0.235. The summed E-state index contributed by atoms with van der Waals surface area (Å²) < 4.78 is 24.9. The van der Waals surface area contributed by atoms with Crippen LogP contribution in [0, 0.1) is 19.7 Å². The van der Waals surface area contributed by atoms with E-state index in [-0.39, 0.29) is 18.2 Å². The minimum atomic E-state index is -0.704. The second kappa shape index (κ2) is 5.20. The molecule has 3 rings (SSSR count). The van der Waals surface area contributed by atoms with Gasteiger partial charge in [-0.15, -0.1) is 0 Å². The molecule has 1 aliphatic rings. The molecule has 1 atom stereocenters. The van der Waals surface area contributed by atoms with Gasteiger partial charge in [-0.3, -0.25) is 4.79 Å². The summed E-state index contributed by atoms with van der Waals surface area (Å²) in [5.74, 6) is 0.707. The lowest BCUT2D eigenvalue weighted by Crippen LogP contribution is -2.36. The van der Waals surface area contributed by atoms with Crippen molar-refractivity contribution in [1.29, 1.82) is 0 Å². The number of hydrogen-bond acceptors (Lipinski definition) is 3. The third-order valence-electron chi connectivity index (χ3n) is 3.52. The topological polar surface area (TPSA) is 35.5 Å². The number of halogens is 1. The quantitative estimate of drug-likeness (QED) is 0.793. The van der Waals surface area contributed by atoms with Crippen molar-refractivity contribution in [2.75, 3.05) is 6.61 Å². The second-order valence-corrected chi connectivity index (χ2v) is 5.15. The third kappa shape index (κ3) is 2.49. The van der Waals surface area contributed by atoms with E-state index in [1.807, 2.05) is 12.1 Å². The number of para-hydroxylation sites is 2. The Morgan fingerprint density at radius 1 is 1.14 bits per heavy atom. The fourth-order valence-corrected chi connectivity index (χ4v) is 2.42. The molecule has 3 nitrogen and oxygen atoms in total. The van der Waals surface area contributed by atoms with Gasteiger partial charge in [0.05, 0.1) is 0 Å². The van der Waals surface area contributed by atoms with Crippen molar-refractivity contribution >= 4 is 5.78 Å². The highest BCUT2D eigenvalue weighted by molar-refractivity contribution is 6.00. The maximum absolute atomic E-state index is 13.6. The number of carbonyl (C=O) groups is 1. The molecule has 2 aromatic rings. The van der Waals surface area contributed by atoms with Gasteiger partial charge >= 0.3 is 0 Å². The van der Waals surface area contributed by atoms with Crippen molar-refractivity contribution in [2.45, 2.75) is 20.0 Å². The summed E-state index contributed by atoms with van der Waals surface area (Å²) in [7, 11) is 0. The monoisotopic (exact) mass is 286 g/mol. The second-order valence-electron chi connectivity index (χ2n) is 5.15. The molecule has 0 N–H and O–H groups in total. The number of rotatable bonds is 2. The Morgan fingerprint density at radius 2 is 1.76 bits per heavy atom. The van der Waals surface area contributed by atoms with E-state index >= 15 is 0 Å². The highest BCUT2D eigenvalue weighted by atomic mass is 19.1. The summed E-state index contributed by atoms with van der Waals surface area (Å²) in [6.45, 7) is 3.45. The van der Waals surface area contributed by atoms with Crippen LogP contribution in [0.2, 0.25) is 0 Å². The molecular formula is C17H15FO3. The van der Waals surface area contributed by atoms with Gasteiger partial charge in [0.15, 0.2) is 17.6 Å².